The third-order valence-corrected chi connectivity index (χ3v) is 1.63. The maximum absolute atomic E-state index is 9.99. The lowest BCUT2D eigenvalue weighted by Gasteiger charge is -2.30. The predicted molar refractivity (Wildman–Crippen MR) is 33.6 cm³/mol. The van der Waals surface area contributed by atoms with Gasteiger partial charge in [-0.1, -0.05) is 0 Å². The summed E-state index contributed by atoms with van der Waals surface area (Å²) in [5.41, 5.74) is 0. The van der Waals surface area contributed by atoms with E-state index >= 15 is 0 Å². The molecule has 4 nitrogen and oxygen atoms in total. The zero-order valence-corrected chi connectivity index (χ0v) is 6.60. The number of hydrogen-bond donors (Lipinski definition) is 0. The molecule has 1 saturated heterocycles. The van der Waals surface area contributed by atoms with Gasteiger partial charge in [-0.15, -0.1) is 0 Å². The first-order valence-electron chi connectivity index (χ1n) is 3.05. The number of ether oxygens (including phenoxy) is 2. The van der Waals surface area contributed by atoms with Crippen molar-refractivity contribution in [2.24, 2.45) is 0 Å². The van der Waals surface area contributed by atoms with Crippen LogP contribution in [0.4, 0.5) is 0 Å². The Kier molecular flexibility index (Phi) is 2.74. The summed E-state index contributed by atoms with van der Waals surface area (Å²) in [6.45, 7) is 2.77. The molecule has 1 aliphatic rings. The lowest BCUT2D eigenvalue weighted by atomic mass is 10.4. The average molecular weight is 164 g/mol. The van der Waals surface area contributed by atoms with Gasteiger partial charge in [0.05, 0.1) is 13.2 Å². The largest absolute Gasteiger partial charge is 0.332 e. The van der Waals surface area contributed by atoms with Crippen LogP contribution < -0.4 is 0 Å². The second-order valence-electron chi connectivity index (χ2n) is 2.08. The van der Waals surface area contributed by atoms with E-state index < -0.39 is 14.7 Å². The monoisotopic (exact) mass is 164 g/mol. The van der Waals surface area contributed by atoms with Crippen LogP contribution in [0.25, 0.3) is 0 Å². The van der Waals surface area contributed by atoms with Gasteiger partial charge in [0.15, 0.2) is 0 Å². The molecule has 0 unspecified atom stereocenters. The van der Waals surface area contributed by atoms with Crippen LogP contribution in [0, 0.1) is 0 Å². The third-order valence-electron chi connectivity index (χ3n) is 1.22. The van der Waals surface area contributed by atoms with Crippen molar-refractivity contribution >= 4 is 8.69 Å². The molecule has 5 heteroatoms. The van der Waals surface area contributed by atoms with Gasteiger partial charge in [-0.3, -0.25) is 0 Å². The zero-order valence-electron chi connectivity index (χ0n) is 5.70. The van der Waals surface area contributed by atoms with Crippen molar-refractivity contribution in [3.05, 3.63) is 0 Å². The van der Waals surface area contributed by atoms with E-state index in [1.54, 1.807) is 6.92 Å². The highest BCUT2D eigenvalue weighted by Crippen LogP contribution is 2.23. The second kappa shape index (κ2) is 3.39. The molecule has 0 aromatic carbocycles. The van der Waals surface area contributed by atoms with Gasteiger partial charge in [0, 0.05) is 6.92 Å². The standard InChI is InChI=1S/C5H9O4P/c1-5(9-10-6)7-3-2-4-8-5/h2-4H2,1H3. The maximum Gasteiger partial charge on any atom is 0.332 e. The van der Waals surface area contributed by atoms with Crippen molar-refractivity contribution < 1.29 is 18.6 Å². The Balaban J connectivity index is 2.39. The summed E-state index contributed by atoms with van der Waals surface area (Å²) in [7, 11) is -0.417. The molecule has 0 spiro atoms. The van der Waals surface area contributed by atoms with Crippen LogP contribution in [-0.4, -0.2) is 19.2 Å². The van der Waals surface area contributed by atoms with Crippen LogP contribution in [0.5, 0.6) is 0 Å². The highest BCUT2D eigenvalue weighted by molar-refractivity contribution is 7.17. The van der Waals surface area contributed by atoms with Crippen LogP contribution >= 0.6 is 8.69 Å². The lowest BCUT2D eigenvalue weighted by molar-refractivity contribution is -0.351. The molecule has 0 aromatic heterocycles. The summed E-state index contributed by atoms with van der Waals surface area (Å²) < 4.78 is 24.7. The fraction of sp³-hybridized carbons (Fsp3) is 1.00. The molecule has 0 aromatic rings. The maximum atomic E-state index is 9.99. The van der Waals surface area contributed by atoms with Gasteiger partial charge < -0.3 is 9.47 Å². The first kappa shape index (κ1) is 8.08. The Hall–Kier alpha value is -0.0200. The molecule has 0 atom stereocenters. The minimum absolute atomic E-state index is 0.417. The fourth-order valence-corrected chi connectivity index (χ4v) is 0.977. The summed E-state index contributed by atoms with van der Waals surface area (Å²) in [5, 5.41) is 0. The molecule has 0 amide bonds. The molecule has 58 valence electrons. The van der Waals surface area contributed by atoms with Gasteiger partial charge in [-0.05, 0) is 6.42 Å². The fourth-order valence-electron chi connectivity index (χ4n) is 0.736. The highest BCUT2D eigenvalue weighted by atomic mass is 31.1. The minimum atomic E-state index is -1.10. The van der Waals surface area contributed by atoms with Gasteiger partial charge in [-0.25, -0.2) is 9.09 Å². The van der Waals surface area contributed by atoms with E-state index in [1.165, 1.54) is 0 Å². The summed E-state index contributed by atoms with van der Waals surface area (Å²) >= 11 is 0. The Morgan fingerprint density at radius 2 is 2.10 bits per heavy atom. The minimum Gasteiger partial charge on any atom is -0.327 e. The Labute approximate surface area is 60.7 Å². The summed E-state index contributed by atoms with van der Waals surface area (Å²) in [5.74, 6) is -1.10. The van der Waals surface area contributed by atoms with Crippen molar-refractivity contribution in [3.63, 3.8) is 0 Å². The topological polar surface area (TPSA) is 44.8 Å². The molecular weight excluding hydrogens is 155 g/mol. The molecule has 1 aliphatic heterocycles. The van der Waals surface area contributed by atoms with Gasteiger partial charge in [0.1, 0.15) is 0 Å². The van der Waals surface area contributed by atoms with Crippen molar-refractivity contribution in [1.29, 1.82) is 0 Å². The van der Waals surface area contributed by atoms with E-state index in [1.807, 2.05) is 0 Å². The van der Waals surface area contributed by atoms with Crippen molar-refractivity contribution in [1.82, 2.24) is 0 Å². The van der Waals surface area contributed by atoms with E-state index in [0.717, 1.165) is 6.42 Å². The van der Waals surface area contributed by atoms with E-state index in [0.29, 0.717) is 13.2 Å². The van der Waals surface area contributed by atoms with E-state index in [2.05, 4.69) is 4.52 Å². The molecule has 1 heterocycles. The van der Waals surface area contributed by atoms with Gasteiger partial charge >= 0.3 is 8.69 Å². The second-order valence-corrected chi connectivity index (χ2v) is 2.41. The van der Waals surface area contributed by atoms with Crippen LogP contribution in [0.15, 0.2) is 0 Å². The Bertz CT molecular complexity index is 121. The molecule has 0 saturated carbocycles. The van der Waals surface area contributed by atoms with Crippen molar-refractivity contribution in [2.75, 3.05) is 13.2 Å². The predicted octanol–water partition coefficient (Wildman–Crippen LogP) is 1.32. The van der Waals surface area contributed by atoms with Gasteiger partial charge in [-0.2, -0.15) is 0 Å². The van der Waals surface area contributed by atoms with Crippen molar-refractivity contribution in [2.45, 2.75) is 19.3 Å². The van der Waals surface area contributed by atoms with Crippen LogP contribution in [0.2, 0.25) is 0 Å². The molecule has 0 aliphatic carbocycles. The van der Waals surface area contributed by atoms with E-state index in [4.69, 9.17) is 9.47 Å². The van der Waals surface area contributed by atoms with Crippen LogP contribution in [-0.2, 0) is 18.6 Å². The smallest absolute Gasteiger partial charge is 0.327 e. The molecular formula is C5H9O4P. The lowest BCUT2D eigenvalue weighted by Crippen LogP contribution is -2.37. The summed E-state index contributed by atoms with van der Waals surface area (Å²) in [4.78, 5) is 0. The number of hydrogen-bond acceptors (Lipinski definition) is 4. The zero-order chi connectivity index (χ0) is 7.45. The average Bonchev–Trinajstić information content (AvgIpc) is 1.89. The number of rotatable bonds is 2. The SMILES string of the molecule is CC1(OP=O)OCCCO1. The molecule has 0 bridgehead atoms. The van der Waals surface area contributed by atoms with E-state index in [-0.39, 0.29) is 0 Å². The molecule has 10 heavy (non-hydrogen) atoms. The van der Waals surface area contributed by atoms with E-state index in [9.17, 15) is 4.57 Å². The summed E-state index contributed by atoms with van der Waals surface area (Å²) in [6, 6.07) is 0. The van der Waals surface area contributed by atoms with Gasteiger partial charge in [0.2, 0.25) is 0 Å². The van der Waals surface area contributed by atoms with Gasteiger partial charge in [0.25, 0.3) is 5.97 Å². The normalized spacial score (nSPS) is 24.9. The molecule has 1 rings (SSSR count). The molecule has 0 N–H and O–H groups in total. The molecule has 0 radical (unpaired) electrons. The molecule has 1 fully saturated rings. The van der Waals surface area contributed by atoms with Crippen molar-refractivity contribution in [3.8, 4) is 0 Å². The summed E-state index contributed by atoms with van der Waals surface area (Å²) in [6.07, 6.45) is 0.856. The first-order chi connectivity index (χ1) is 4.77. The Morgan fingerprint density at radius 3 is 2.60 bits per heavy atom. The quantitative estimate of drug-likeness (QED) is 0.577. The third kappa shape index (κ3) is 1.99. The Morgan fingerprint density at radius 1 is 1.50 bits per heavy atom. The first-order valence-corrected chi connectivity index (χ1v) is 3.79. The highest BCUT2D eigenvalue weighted by Gasteiger charge is 2.30. The van der Waals surface area contributed by atoms with Crippen LogP contribution in [0.3, 0.4) is 0 Å². The van der Waals surface area contributed by atoms with Crippen LogP contribution in [0.1, 0.15) is 13.3 Å².